The van der Waals surface area contributed by atoms with Gasteiger partial charge in [-0.2, -0.15) is 0 Å². The summed E-state index contributed by atoms with van der Waals surface area (Å²) in [6.45, 7) is 12.8. The van der Waals surface area contributed by atoms with E-state index in [0.29, 0.717) is 30.1 Å². The molecule has 0 bridgehead atoms. The number of benzene rings is 1. The second-order valence-corrected chi connectivity index (χ2v) is 9.06. The third-order valence-corrected chi connectivity index (χ3v) is 6.05. The third kappa shape index (κ3) is 5.42. The predicted octanol–water partition coefficient (Wildman–Crippen LogP) is 5.00. The summed E-state index contributed by atoms with van der Waals surface area (Å²) in [5, 5.41) is 2.69. The van der Waals surface area contributed by atoms with Gasteiger partial charge in [-0.05, 0) is 56.7 Å². The summed E-state index contributed by atoms with van der Waals surface area (Å²) in [4.78, 5) is 15.3. The molecule has 1 N–H and O–H groups in total. The number of nitrogens with zero attached hydrogens (tertiary/aromatic N) is 2. The Balaban J connectivity index is 1.72. The number of nitrogens with one attached hydrogen (secondary N) is 1. The minimum atomic E-state index is -0.433. The number of amides is 1. The molecule has 3 rings (SSSR count). The Hall–Kier alpha value is -3.02. The van der Waals surface area contributed by atoms with Crippen LogP contribution in [-0.4, -0.2) is 47.5 Å². The van der Waals surface area contributed by atoms with Crippen LogP contribution in [0.1, 0.15) is 46.1 Å². The minimum Gasteiger partial charge on any atom is -0.486 e. The van der Waals surface area contributed by atoms with Gasteiger partial charge in [-0.25, -0.2) is 4.39 Å². The van der Waals surface area contributed by atoms with Crippen molar-refractivity contribution in [2.45, 2.75) is 52.2 Å². The zero-order valence-electron chi connectivity index (χ0n) is 19.7. The van der Waals surface area contributed by atoms with Crippen molar-refractivity contribution in [3.8, 4) is 5.75 Å². The monoisotopic (exact) mass is 439 g/mol. The van der Waals surface area contributed by atoms with Crippen molar-refractivity contribution >= 4 is 11.6 Å². The van der Waals surface area contributed by atoms with Crippen molar-refractivity contribution in [1.29, 1.82) is 0 Å². The second kappa shape index (κ2) is 9.63. The lowest BCUT2D eigenvalue weighted by Crippen LogP contribution is -2.36. The van der Waals surface area contributed by atoms with Crippen LogP contribution in [0.3, 0.4) is 0 Å². The quantitative estimate of drug-likeness (QED) is 0.649. The van der Waals surface area contributed by atoms with E-state index in [1.165, 1.54) is 6.92 Å². The minimum absolute atomic E-state index is 0.152. The molecule has 32 heavy (non-hydrogen) atoms. The highest BCUT2D eigenvalue weighted by Gasteiger charge is 2.38. The summed E-state index contributed by atoms with van der Waals surface area (Å²) in [5.74, 6) is 0.427. The molecule has 0 aromatic heterocycles. The molecule has 1 aliphatic heterocycles. The maximum atomic E-state index is 15.5. The van der Waals surface area contributed by atoms with Crippen molar-refractivity contribution in [3.63, 3.8) is 0 Å². The van der Waals surface area contributed by atoms with Gasteiger partial charge in [0.1, 0.15) is 11.4 Å². The fraction of sp³-hybridized carbons (Fsp3) is 0.423. The number of rotatable bonds is 7. The molecular formula is C26H34FN3O2. The highest BCUT2D eigenvalue weighted by molar-refractivity contribution is 5.84. The van der Waals surface area contributed by atoms with Gasteiger partial charge in [0.25, 0.3) is 0 Å². The summed E-state index contributed by atoms with van der Waals surface area (Å²) >= 11 is 0. The zero-order valence-corrected chi connectivity index (χ0v) is 19.7. The number of halogens is 1. The topological polar surface area (TPSA) is 44.8 Å². The van der Waals surface area contributed by atoms with E-state index in [1.54, 1.807) is 0 Å². The standard InChI is InChI=1S/C26H34FN3O2/c1-18(2)29(6)23-9-7-8-10-24(25(23)27)30-16-15-26(5,17-30)32-22-13-11-21(12-14-22)19(3)28-20(4)31/h7-8,10-14,18H,3,9,15-17H2,1-2,4-6H3,(H,28,31). The van der Waals surface area contributed by atoms with Gasteiger partial charge >= 0.3 is 0 Å². The SMILES string of the molecule is C=C(NC(C)=O)c1ccc(OC2(C)CCN(C3=CC=CCC(N(C)C(C)C)=C3F)C2)cc1. The number of allylic oxidation sites excluding steroid dienone is 4. The molecule has 1 aromatic carbocycles. The Labute approximate surface area is 190 Å². The van der Waals surface area contributed by atoms with Crippen LogP contribution >= 0.6 is 0 Å². The van der Waals surface area contributed by atoms with Gasteiger partial charge in [-0.1, -0.05) is 18.7 Å². The number of carbonyl (C=O) groups is 1. The van der Waals surface area contributed by atoms with Crippen LogP contribution in [0.15, 0.2) is 66.3 Å². The molecule has 1 atom stereocenters. The molecule has 0 radical (unpaired) electrons. The summed E-state index contributed by atoms with van der Waals surface area (Å²) in [6, 6.07) is 7.72. The van der Waals surface area contributed by atoms with Gasteiger partial charge in [-0.15, -0.1) is 0 Å². The number of hydrogen-bond donors (Lipinski definition) is 1. The largest absolute Gasteiger partial charge is 0.486 e. The van der Waals surface area contributed by atoms with E-state index < -0.39 is 5.60 Å². The molecule has 1 aliphatic carbocycles. The molecule has 1 fully saturated rings. The van der Waals surface area contributed by atoms with Gasteiger partial charge in [0.2, 0.25) is 5.91 Å². The Morgan fingerprint density at radius 3 is 2.62 bits per heavy atom. The molecule has 1 saturated heterocycles. The molecule has 6 heteroatoms. The maximum Gasteiger partial charge on any atom is 0.221 e. The summed E-state index contributed by atoms with van der Waals surface area (Å²) < 4.78 is 21.9. The molecule has 1 unspecified atom stereocenters. The molecular weight excluding hydrogens is 405 g/mol. The zero-order chi connectivity index (χ0) is 23.5. The van der Waals surface area contributed by atoms with Crippen LogP contribution in [0.2, 0.25) is 0 Å². The van der Waals surface area contributed by atoms with E-state index in [4.69, 9.17) is 4.74 Å². The first-order chi connectivity index (χ1) is 15.1. The first-order valence-corrected chi connectivity index (χ1v) is 11.1. The lowest BCUT2D eigenvalue weighted by molar-refractivity contribution is -0.117. The van der Waals surface area contributed by atoms with E-state index in [-0.39, 0.29) is 17.8 Å². The molecule has 172 valence electrons. The van der Waals surface area contributed by atoms with Crippen molar-refractivity contribution in [3.05, 3.63) is 71.9 Å². The number of hydrogen-bond acceptors (Lipinski definition) is 4. The Morgan fingerprint density at radius 1 is 1.31 bits per heavy atom. The fourth-order valence-electron chi connectivity index (χ4n) is 4.02. The summed E-state index contributed by atoms with van der Waals surface area (Å²) in [7, 11) is 1.94. The van der Waals surface area contributed by atoms with Gasteiger partial charge in [0, 0.05) is 45.1 Å². The molecule has 2 aliphatic rings. The predicted molar refractivity (Wildman–Crippen MR) is 127 cm³/mol. The van der Waals surface area contributed by atoms with Crippen LogP contribution in [0, 0.1) is 0 Å². The maximum absolute atomic E-state index is 15.5. The molecule has 0 saturated carbocycles. The average Bonchev–Trinajstić information content (AvgIpc) is 3.00. The molecule has 1 aromatic rings. The fourth-order valence-corrected chi connectivity index (χ4v) is 4.02. The Kier molecular flexibility index (Phi) is 7.12. The van der Waals surface area contributed by atoms with E-state index >= 15 is 4.39 Å². The van der Waals surface area contributed by atoms with Crippen molar-refractivity contribution in [2.24, 2.45) is 0 Å². The van der Waals surface area contributed by atoms with Crippen LogP contribution in [0.25, 0.3) is 5.70 Å². The summed E-state index contributed by atoms with van der Waals surface area (Å²) in [6.07, 6.45) is 7.18. The molecule has 1 amide bonds. The molecule has 1 heterocycles. The van der Waals surface area contributed by atoms with Gasteiger partial charge in [0.15, 0.2) is 5.83 Å². The Bertz CT molecular complexity index is 962. The third-order valence-electron chi connectivity index (χ3n) is 6.05. The van der Waals surface area contributed by atoms with E-state index in [2.05, 4.69) is 37.6 Å². The lowest BCUT2D eigenvalue weighted by atomic mass is 10.1. The number of ether oxygens (including phenoxy) is 1. The van der Waals surface area contributed by atoms with E-state index in [1.807, 2.05) is 54.4 Å². The van der Waals surface area contributed by atoms with Crippen LogP contribution in [-0.2, 0) is 4.79 Å². The molecule has 0 spiro atoms. The van der Waals surface area contributed by atoms with Crippen molar-refractivity contribution in [2.75, 3.05) is 20.1 Å². The van der Waals surface area contributed by atoms with Gasteiger partial charge in [-0.3, -0.25) is 4.79 Å². The van der Waals surface area contributed by atoms with Gasteiger partial charge in [0.05, 0.1) is 17.9 Å². The lowest BCUT2D eigenvalue weighted by Gasteiger charge is -2.30. The molecule has 5 nitrogen and oxygen atoms in total. The van der Waals surface area contributed by atoms with E-state index in [9.17, 15) is 4.79 Å². The Morgan fingerprint density at radius 2 is 2.00 bits per heavy atom. The van der Waals surface area contributed by atoms with Crippen molar-refractivity contribution in [1.82, 2.24) is 15.1 Å². The van der Waals surface area contributed by atoms with Crippen molar-refractivity contribution < 1.29 is 13.9 Å². The first kappa shape index (κ1) is 23.6. The van der Waals surface area contributed by atoms with Crippen LogP contribution in [0.4, 0.5) is 4.39 Å². The van der Waals surface area contributed by atoms with Crippen LogP contribution < -0.4 is 10.1 Å². The first-order valence-electron chi connectivity index (χ1n) is 11.1. The second-order valence-electron chi connectivity index (χ2n) is 9.06. The summed E-state index contributed by atoms with van der Waals surface area (Å²) in [5.41, 5.74) is 2.28. The number of likely N-dealkylation sites (tertiary alicyclic amines) is 1. The highest BCUT2D eigenvalue weighted by atomic mass is 19.1. The number of carbonyl (C=O) groups excluding carboxylic acids is 1. The normalized spacial score (nSPS) is 20.8. The van der Waals surface area contributed by atoms with E-state index in [0.717, 1.165) is 24.3 Å². The average molecular weight is 440 g/mol. The highest BCUT2D eigenvalue weighted by Crippen LogP contribution is 2.35. The van der Waals surface area contributed by atoms with Crippen LogP contribution in [0.5, 0.6) is 5.75 Å². The smallest absolute Gasteiger partial charge is 0.221 e. The van der Waals surface area contributed by atoms with Gasteiger partial charge < -0.3 is 19.9 Å².